The van der Waals surface area contributed by atoms with Crippen LogP contribution in [0.2, 0.25) is 0 Å². The number of benzene rings is 2. The first-order valence-electron chi connectivity index (χ1n) is 8.83. The number of amides is 1. The van der Waals surface area contributed by atoms with Crippen molar-refractivity contribution in [2.24, 2.45) is 0 Å². The molecule has 0 bridgehead atoms. The number of rotatable bonds is 6. The molecule has 0 unspecified atom stereocenters. The van der Waals surface area contributed by atoms with Gasteiger partial charge in [-0.15, -0.1) is 5.10 Å². The van der Waals surface area contributed by atoms with Gasteiger partial charge in [0.25, 0.3) is 5.56 Å². The van der Waals surface area contributed by atoms with Crippen LogP contribution < -0.4 is 10.9 Å². The molecule has 9 heteroatoms. The van der Waals surface area contributed by atoms with Crippen molar-refractivity contribution in [3.63, 3.8) is 0 Å². The number of para-hydroxylation sites is 2. The number of nitrogens with zero attached hydrogens (tertiary/aromatic N) is 4. The summed E-state index contributed by atoms with van der Waals surface area (Å²) in [6, 6.07) is 11.4. The number of carbonyl (C=O) groups excluding carboxylic acids is 1. The molecule has 2 aromatic heterocycles. The zero-order valence-electron chi connectivity index (χ0n) is 14.9. The van der Waals surface area contributed by atoms with Gasteiger partial charge in [-0.3, -0.25) is 9.59 Å². The largest absolute Gasteiger partial charge is 0.354 e. The fourth-order valence-corrected chi connectivity index (χ4v) is 2.94. The molecule has 28 heavy (non-hydrogen) atoms. The molecule has 2 heterocycles. The summed E-state index contributed by atoms with van der Waals surface area (Å²) in [6.07, 6.45) is 0.749. The Morgan fingerprint density at radius 3 is 2.89 bits per heavy atom. The molecule has 4 aromatic rings. The molecule has 0 aliphatic carbocycles. The van der Waals surface area contributed by atoms with Gasteiger partial charge in [0.15, 0.2) is 0 Å². The smallest absolute Gasteiger partial charge is 0.277 e. The Hall–Kier alpha value is -3.62. The molecule has 0 radical (unpaired) electrons. The van der Waals surface area contributed by atoms with E-state index in [0.29, 0.717) is 11.9 Å². The molecule has 0 aliphatic rings. The molecule has 8 nitrogen and oxygen atoms in total. The molecular weight excluding hydrogens is 363 g/mol. The Bertz CT molecular complexity index is 1180. The van der Waals surface area contributed by atoms with E-state index >= 15 is 0 Å². The Labute approximate surface area is 158 Å². The number of fused-ring (bicyclic) bond motifs is 2. The minimum absolute atomic E-state index is 0.147. The van der Waals surface area contributed by atoms with Gasteiger partial charge in [-0.1, -0.05) is 17.3 Å². The molecule has 1 amide bonds. The lowest BCUT2D eigenvalue weighted by Crippen LogP contribution is -2.32. The van der Waals surface area contributed by atoms with Gasteiger partial charge in [-0.05, 0) is 30.3 Å². The van der Waals surface area contributed by atoms with Gasteiger partial charge in [-0.2, -0.15) is 0 Å². The number of imidazole rings is 1. The highest BCUT2D eigenvalue weighted by Gasteiger charge is 2.09. The highest BCUT2D eigenvalue weighted by Crippen LogP contribution is 2.11. The van der Waals surface area contributed by atoms with Crippen molar-refractivity contribution in [3.05, 3.63) is 64.5 Å². The lowest BCUT2D eigenvalue weighted by Gasteiger charge is -2.06. The van der Waals surface area contributed by atoms with Crippen LogP contribution in [0.4, 0.5) is 4.39 Å². The summed E-state index contributed by atoms with van der Waals surface area (Å²) in [5, 5.41) is 10.6. The molecule has 0 spiro atoms. The summed E-state index contributed by atoms with van der Waals surface area (Å²) in [6.45, 7) is 0.364. The second-order valence-electron chi connectivity index (χ2n) is 6.33. The van der Waals surface area contributed by atoms with Crippen molar-refractivity contribution in [1.82, 2.24) is 30.3 Å². The number of halogens is 1. The maximum atomic E-state index is 13.3. The van der Waals surface area contributed by atoms with E-state index in [0.717, 1.165) is 27.6 Å². The fraction of sp³-hybridized carbons (Fsp3) is 0.211. The van der Waals surface area contributed by atoms with Crippen molar-refractivity contribution in [3.8, 4) is 0 Å². The lowest BCUT2D eigenvalue weighted by molar-refractivity contribution is -0.121. The third-order valence-corrected chi connectivity index (χ3v) is 4.36. The predicted octanol–water partition coefficient (Wildman–Crippen LogP) is 1.56. The first-order chi connectivity index (χ1) is 13.6. The highest BCUT2D eigenvalue weighted by molar-refractivity contribution is 5.77. The minimum Gasteiger partial charge on any atom is -0.354 e. The third-order valence-electron chi connectivity index (χ3n) is 4.36. The molecule has 0 atom stereocenters. The van der Waals surface area contributed by atoms with Crippen molar-refractivity contribution in [2.75, 3.05) is 6.54 Å². The van der Waals surface area contributed by atoms with Gasteiger partial charge < -0.3 is 10.3 Å². The van der Waals surface area contributed by atoms with Crippen molar-refractivity contribution < 1.29 is 9.18 Å². The molecule has 0 aliphatic heterocycles. The van der Waals surface area contributed by atoms with E-state index in [1.54, 1.807) is 0 Å². The average molecular weight is 380 g/mol. The first-order valence-corrected chi connectivity index (χ1v) is 8.83. The fourth-order valence-electron chi connectivity index (χ4n) is 2.94. The van der Waals surface area contributed by atoms with E-state index in [9.17, 15) is 14.0 Å². The van der Waals surface area contributed by atoms with Crippen LogP contribution in [-0.4, -0.2) is 37.4 Å². The molecular formula is C19H17FN6O2. The topological polar surface area (TPSA) is 106 Å². The zero-order chi connectivity index (χ0) is 19.5. The molecule has 0 fully saturated rings. The maximum absolute atomic E-state index is 13.3. The van der Waals surface area contributed by atoms with Crippen LogP contribution in [0.25, 0.3) is 21.9 Å². The Morgan fingerprint density at radius 2 is 2.04 bits per heavy atom. The van der Waals surface area contributed by atoms with Gasteiger partial charge in [0.05, 0.1) is 23.0 Å². The summed E-state index contributed by atoms with van der Waals surface area (Å²) in [7, 11) is 0. The number of H-pyrrole nitrogens is 1. The summed E-state index contributed by atoms with van der Waals surface area (Å²) >= 11 is 0. The van der Waals surface area contributed by atoms with Crippen LogP contribution >= 0.6 is 0 Å². The monoisotopic (exact) mass is 380 g/mol. The second-order valence-corrected chi connectivity index (χ2v) is 6.33. The van der Waals surface area contributed by atoms with E-state index in [-0.39, 0.29) is 30.8 Å². The molecule has 2 aromatic carbocycles. The summed E-state index contributed by atoms with van der Waals surface area (Å²) in [5.74, 6) is 0.0753. The second kappa shape index (κ2) is 7.55. The van der Waals surface area contributed by atoms with Crippen molar-refractivity contribution >= 4 is 27.8 Å². The summed E-state index contributed by atoms with van der Waals surface area (Å²) in [5.41, 5.74) is 1.69. The number of aromatic amines is 1. The van der Waals surface area contributed by atoms with E-state index in [4.69, 9.17) is 0 Å². The van der Waals surface area contributed by atoms with E-state index in [1.807, 2.05) is 24.3 Å². The van der Waals surface area contributed by atoms with E-state index < -0.39 is 11.4 Å². The van der Waals surface area contributed by atoms with Crippen LogP contribution in [0.5, 0.6) is 0 Å². The van der Waals surface area contributed by atoms with Crippen molar-refractivity contribution in [1.29, 1.82) is 0 Å². The SMILES string of the molecule is O=C(CCc1nc2ccccc2[nH]1)NCCn1nnc2ccc(F)cc2c1=O. The number of aryl methyl sites for hydroxylation is 1. The number of hydrogen-bond donors (Lipinski definition) is 2. The summed E-state index contributed by atoms with van der Waals surface area (Å²) < 4.78 is 14.5. The number of carbonyl (C=O) groups is 1. The molecule has 4 rings (SSSR count). The number of hydrogen-bond acceptors (Lipinski definition) is 5. The first kappa shape index (κ1) is 17.8. The molecule has 0 saturated carbocycles. The third kappa shape index (κ3) is 3.73. The standard InChI is InChI=1S/C19H17FN6O2/c20-12-5-6-14-13(11-12)19(28)26(25-24-14)10-9-21-18(27)8-7-17-22-15-3-1-2-4-16(15)23-17/h1-6,11H,7-10H2,(H,21,27)(H,22,23). The number of nitrogens with one attached hydrogen (secondary N) is 2. The molecule has 142 valence electrons. The molecule has 2 N–H and O–H groups in total. The molecule has 0 saturated heterocycles. The van der Waals surface area contributed by atoms with Crippen LogP contribution in [0, 0.1) is 5.82 Å². The highest BCUT2D eigenvalue weighted by atomic mass is 19.1. The Kier molecular flexibility index (Phi) is 4.79. The van der Waals surface area contributed by atoms with Crippen molar-refractivity contribution in [2.45, 2.75) is 19.4 Å². The van der Waals surface area contributed by atoms with E-state index in [2.05, 4.69) is 25.6 Å². The number of aromatic nitrogens is 5. The zero-order valence-corrected chi connectivity index (χ0v) is 14.9. The van der Waals surface area contributed by atoms with Crippen LogP contribution in [0.1, 0.15) is 12.2 Å². The quantitative estimate of drug-likeness (QED) is 0.528. The average Bonchev–Trinajstić information content (AvgIpc) is 3.11. The normalized spacial score (nSPS) is 11.2. The Morgan fingerprint density at radius 1 is 1.18 bits per heavy atom. The minimum atomic E-state index is -0.511. The van der Waals surface area contributed by atoms with Gasteiger partial charge >= 0.3 is 0 Å². The lowest BCUT2D eigenvalue weighted by atomic mass is 10.2. The predicted molar refractivity (Wildman–Crippen MR) is 101 cm³/mol. The maximum Gasteiger partial charge on any atom is 0.277 e. The van der Waals surface area contributed by atoms with E-state index in [1.165, 1.54) is 12.1 Å². The summed E-state index contributed by atoms with van der Waals surface area (Å²) in [4.78, 5) is 32.0. The van der Waals surface area contributed by atoms with Gasteiger partial charge in [0.2, 0.25) is 5.91 Å². The Balaban J connectivity index is 1.32. The van der Waals surface area contributed by atoms with Crippen LogP contribution in [0.15, 0.2) is 47.3 Å². The van der Waals surface area contributed by atoms with Gasteiger partial charge in [0.1, 0.15) is 17.2 Å². The van der Waals surface area contributed by atoms with Gasteiger partial charge in [-0.25, -0.2) is 14.1 Å². The van der Waals surface area contributed by atoms with Crippen LogP contribution in [0.3, 0.4) is 0 Å². The van der Waals surface area contributed by atoms with Gasteiger partial charge in [0, 0.05) is 19.4 Å². The van der Waals surface area contributed by atoms with Crippen LogP contribution in [-0.2, 0) is 17.8 Å².